The number of para-hydroxylation sites is 1. The van der Waals surface area contributed by atoms with E-state index in [0.717, 1.165) is 29.2 Å². The zero-order chi connectivity index (χ0) is 16.9. The normalized spacial score (nSPS) is 15.8. The van der Waals surface area contributed by atoms with E-state index in [9.17, 15) is 4.79 Å². The van der Waals surface area contributed by atoms with E-state index < -0.39 is 0 Å². The third kappa shape index (κ3) is 3.42. The first-order valence-corrected chi connectivity index (χ1v) is 8.00. The summed E-state index contributed by atoms with van der Waals surface area (Å²) in [6, 6.07) is 9.62. The van der Waals surface area contributed by atoms with Gasteiger partial charge in [-0.05, 0) is 31.5 Å². The molecule has 1 aromatic heterocycles. The summed E-state index contributed by atoms with van der Waals surface area (Å²) in [6.45, 7) is 2.99. The van der Waals surface area contributed by atoms with Crippen LogP contribution in [0.4, 0.5) is 5.69 Å². The van der Waals surface area contributed by atoms with Gasteiger partial charge in [-0.1, -0.05) is 12.1 Å². The second-order valence-electron chi connectivity index (χ2n) is 5.59. The van der Waals surface area contributed by atoms with E-state index in [1.165, 1.54) is 0 Å². The summed E-state index contributed by atoms with van der Waals surface area (Å²) < 4.78 is 11.2. The molecule has 0 radical (unpaired) electrons. The summed E-state index contributed by atoms with van der Waals surface area (Å²) in [5.41, 5.74) is 2.36. The molecule has 0 aliphatic carbocycles. The van der Waals surface area contributed by atoms with Crippen LogP contribution in [-0.2, 0) is 6.42 Å². The fourth-order valence-corrected chi connectivity index (χ4v) is 2.78. The molecule has 24 heavy (non-hydrogen) atoms. The van der Waals surface area contributed by atoms with Crippen LogP contribution in [0.5, 0.6) is 11.5 Å². The number of hydrogen-bond acceptors (Lipinski definition) is 5. The summed E-state index contributed by atoms with van der Waals surface area (Å²) >= 11 is 0. The quantitative estimate of drug-likeness (QED) is 0.881. The molecular weight excluding hydrogens is 306 g/mol. The summed E-state index contributed by atoms with van der Waals surface area (Å²) in [5, 5.41) is 6.16. The van der Waals surface area contributed by atoms with Crippen LogP contribution >= 0.6 is 0 Å². The number of fused-ring (bicyclic) bond motifs is 1. The molecule has 6 heteroatoms. The zero-order valence-corrected chi connectivity index (χ0v) is 13.8. The summed E-state index contributed by atoms with van der Waals surface area (Å²) in [7, 11) is 1.64. The molecule has 1 aliphatic rings. The fourth-order valence-electron chi connectivity index (χ4n) is 2.78. The number of nitrogens with zero attached hydrogens (tertiary/aromatic N) is 1. The Bertz CT molecular complexity index is 733. The minimum Gasteiger partial charge on any atom is -0.493 e. The minimum atomic E-state index is -0.170. The molecule has 1 aromatic carbocycles. The molecule has 1 unspecified atom stereocenters. The number of benzene rings is 1. The predicted octanol–water partition coefficient (Wildman–Crippen LogP) is 2.26. The van der Waals surface area contributed by atoms with Gasteiger partial charge in [0.05, 0.1) is 13.2 Å². The topological polar surface area (TPSA) is 72.5 Å². The number of nitrogens with one attached hydrogen (secondary N) is 2. The van der Waals surface area contributed by atoms with Gasteiger partial charge in [-0.2, -0.15) is 0 Å². The number of aromatic nitrogens is 1. The lowest BCUT2D eigenvalue weighted by atomic mass is 10.0. The molecular formula is C18H21N3O3. The lowest BCUT2D eigenvalue weighted by Crippen LogP contribution is -2.33. The fraction of sp³-hybridized carbons (Fsp3) is 0.333. The Balaban J connectivity index is 1.71. The third-order valence-corrected chi connectivity index (χ3v) is 3.88. The molecule has 2 N–H and O–H groups in total. The lowest BCUT2D eigenvalue weighted by Gasteiger charge is -2.27. The van der Waals surface area contributed by atoms with E-state index in [1.54, 1.807) is 19.4 Å². The SMILES string of the molecule is CCNC(=O)c1cc(NC2COc3c(cccc3OC)C2)ccn1. The van der Waals surface area contributed by atoms with Crippen molar-refractivity contribution in [3.05, 3.63) is 47.8 Å². The van der Waals surface area contributed by atoms with Gasteiger partial charge in [-0.15, -0.1) is 0 Å². The number of amides is 1. The van der Waals surface area contributed by atoms with Gasteiger partial charge < -0.3 is 20.1 Å². The van der Waals surface area contributed by atoms with Crippen LogP contribution in [0.25, 0.3) is 0 Å². The Hall–Kier alpha value is -2.76. The molecule has 2 aromatic rings. The number of hydrogen-bond donors (Lipinski definition) is 2. The highest BCUT2D eigenvalue weighted by atomic mass is 16.5. The number of anilines is 1. The summed E-state index contributed by atoms with van der Waals surface area (Å²) in [5.74, 6) is 1.40. The van der Waals surface area contributed by atoms with Crippen molar-refractivity contribution < 1.29 is 14.3 Å². The average molecular weight is 327 g/mol. The van der Waals surface area contributed by atoms with Gasteiger partial charge in [-0.3, -0.25) is 9.78 Å². The van der Waals surface area contributed by atoms with Crippen LogP contribution in [0.15, 0.2) is 36.5 Å². The van der Waals surface area contributed by atoms with Gasteiger partial charge in [0.25, 0.3) is 5.91 Å². The van der Waals surface area contributed by atoms with Crippen LogP contribution in [0.2, 0.25) is 0 Å². The molecule has 0 saturated heterocycles. The Morgan fingerprint density at radius 2 is 2.29 bits per heavy atom. The number of carbonyl (C=O) groups excluding carboxylic acids is 1. The predicted molar refractivity (Wildman–Crippen MR) is 91.8 cm³/mol. The maximum atomic E-state index is 11.9. The number of rotatable bonds is 5. The molecule has 0 fully saturated rings. The molecule has 126 valence electrons. The van der Waals surface area contributed by atoms with Gasteiger partial charge in [0.2, 0.25) is 0 Å². The Morgan fingerprint density at radius 3 is 3.08 bits per heavy atom. The second-order valence-corrected chi connectivity index (χ2v) is 5.59. The molecule has 2 heterocycles. The van der Waals surface area contributed by atoms with E-state index in [1.807, 2.05) is 31.2 Å². The molecule has 6 nitrogen and oxygen atoms in total. The first-order valence-electron chi connectivity index (χ1n) is 8.00. The van der Waals surface area contributed by atoms with Crippen LogP contribution in [0.3, 0.4) is 0 Å². The van der Waals surface area contributed by atoms with Gasteiger partial charge >= 0.3 is 0 Å². The van der Waals surface area contributed by atoms with E-state index in [-0.39, 0.29) is 11.9 Å². The van der Waals surface area contributed by atoms with Crippen molar-refractivity contribution in [2.75, 3.05) is 25.6 Å². The van der Waals surface area contributed by atoms with Gasteiger partial charge in [0.1, 0.15) is 12.3 Å². The second kappa shape index (κ2) is 7.21. The maximum Gasteiger partial charge on any atom is 0.269 e. The van der Waals surface area contributed by atoms with Crippen LogP contribution < -0.4 is 20.1 Å². The number of carbonyl (C=O) groups is 1. The monoisotopic (exact) mass is 327 g/mol. The largest absolute Gasteiger partial charge is 0.493 e. The Kier molecular flexibility index (Phi) is 4.84. The molecule has 1 atom stereocenters. The van der Waals surface area contributed by atoms with Crippen LogP contribution in [-0.4, -0.2) is 37.2 Å². The summed E-state index contributed by atoms with van der Waals surface area (Å²) in [4.78, 5) is 16.0. The Morgan fingerprint density at radius 1 is 1.42 bits per heavy atom. The van der Waals surface area contributed by atoms with Crippen LogP contribution in [0, 0.1) is 0 Å². The smallest absolute Gasteiger partial charge is 0.269 e. The van der Waals surface area contributed by atoms with Crippen molar-refractivity contribution in [1.82, 2.24) is 10.3 Å². The first kappa shape index (κ1) is 16.1. The zero-order valence-electron chi connectivity index (χ0n) is 13.8. The number of pyridine rings is 1. The van der Waals surface area contributed by atoms with Crippen molar-refractivity contribution in [2.24, 2.45) is 0 Å². The van der Waals surface area contributed by atoms with Crippen molar-refractivity contribution in [1.29, 1.82) is 0 Å². The van der Waals surface area contributed by atoms with Crippen molar-refractivity contribution >= 4 is 11.6 Å². The molecule has 1 amide bonds. The van der Waals surface area contributed by atoms with E-state index in [2.05, 4.69) is 15.6 Å². The van der Waals surface area contributed by atoms with E-state index in [0.29, 0.717) is 18.8 Å². The lowest BCUT2D eigenvalue weighted by molar-refractivity contribution is 0.0951. The van der Waals surface area contributed by atoms with E-state index >= 15 is 0 Å². The first-order chi connectivity index (χ1) is 11.7. The van der Waals surface area contributed by atoms with E-state index in [4.69, 9.17) is 9.47 Å². The van der Waals surface area contributed by atoms with Crippen molar-refractivity contribution in [3.63, 3.8) is 0 Å². The highest BCUT2D eigenvalue weighted by Crippen LogP contribution is 2.35. The van der Waals surface area contributed by atoms with Crippen LogP contribution in [0.1, 0.15) is 23.0 Å². The maximum absolute atomic E-state index is 11.9. The molecule has 0 saturated carbocycles. The highest BCUT2D eigenvalue weighted by molar-refractivity contribution is 5.93. The highest BCUT2D eigenvalue weighted by Gasteiger charge is 2.22. The molecule has 0 bridgehead atoms. The molecule has 3 rings (SSSR count). The standard InChI is InChI=1S/C18H21N3O3/c1-3-19-18(22)15-10-13(7-8-20-15)21-14-9-12-5-4-6-16(23-2)17(12)24-11-14/h4-8,10,14H,3,9,11H2,1-2H3,(H,19,22)(H,20,21). The number of ether oxygens (including phenoxy) is 2. The minimum absolute atomic E-state index is 0.120. The Labute approximate surface area is 141 Å². The molecule has 0 spiro atoms. The van der Waals surface area contributed by atoms with Crippen molar-refractivity contribution in [2.45, 2.75) is 19.4 Å². The summed E-state index contributed by atoms with van der Waals surface area (Å²) in [6.07, 6.45) is 2.46. The van der Waals surface area contributed by atoms with Gasteiger partial charge in [0.15, 0.2) is 11.5 Å². The molecule has 1 aliphatic heterocycles. The van der Waals surface area contributed by atoms with Gasteiger partial charge in [0, 0.05) is 24.0 Å². The number of methoxy groups -OCH3 is 1. The van der Waals surface area contributed by atoms with Gasteiger partial charge in [-0.25, -0.2) is 0 Å². The van der Waals surface area contributed by atoms with Crippen molar-refractivity contribution in [3.8, 4) is 11.5 Å². The average Bonchev–Trinajstić information content (AvgIpc) is 2.61. The third-order valence-electron chi connectivity index (χ3n) is 3.88.